The predicted molar refractivity (Wildman–Crippen MR) is 78.2 cm³/mol. The lowest BCUT2D eigenvalue weighted by Crippen LogP contribution is -2.25. The molecule has 1 aromatic carbocycles. The SMILES string of the molecule is [N-]=[N+]=NCC1CC(=O)N(c2ccc3c(c2)CCCC3=O)C1. The second kappa shape index (κ2) is 5.58. The first-order valence-electron chi connectivity index (χ1n) is 7.16. The number of aryl methyl sites for hydroxylation is 1. The number of rotatable bonds is 3. The molecule has 1 aliphatic carbocycles. The van der Waals surface area contributed by atoms with Gasteiger partial charge in [-0.15, -0.1) is 0 Å². The number of azide groups is 1. The van der Waals surface area contributed by atoms with Crippen LogP contribution in [0.15, 0.2) is 23.3 Å². The molecule has 1 unspecified atom stereocenters. The van der Waals surface area contributed by atoms with Crippen LogP contribution in [0.2, 0.25) is 0 Å². The van der Waals surface area contributed by atoms with Crippen LogP contribution in [0.25, 0.3) is 10.4 Å². The van der Waals surface area contributed by atoms with Gasteiger partial charge < -0.3 is 4.90 Å². The van der Waals surface area contributed by atoms with Gasteiger partial charge in [0.15, 0.2) is 5.78 Å². The fraction of sp³-hybridized carbons (Fsp3) is 0.467. The van der Waals surface area contributed by atoms with Gasteiger partial charge in [-0.1, -0.05) is 5.11 Å². The largest absolute Gasteiger partial charge is 0.312 e. The Morgan fingerprint density at radius 2 is 2.19 bits per heavy atom. The zero-order chi connectivity index (χ0) is 14.8. The van der Waals surface area contributed by atoms with E-state index in [-0.39, 0.29) is 17.6 Å². The van der Waals surface area contributed by atoms with Crippen molar-refractivity contribution in [2.75, 3.05) is 18.0 Å². The molecule has 1 amide bonds. The summed E-state index contributed by atoms with van der Waals surface area (Å²) in [6.07, 6.45) is 2.79. The van der Waals surface area contributed by atoms with Gasteiger partial charge in [-0.2, -0.15) is 0 Å². The normalized spacial score (nSPS) is 21.1. The number of anilines is 1. The van der Waals surface area contributed by atoms with Crippen LogP contribution in [0.3, 0.4) is 0 Å². The van der Waals surface area contributed by atoms with E-state index in [2.05, 4.69) is 10.0 Å². The smallest absolute Gasteiger partial charge is 0.227 e. The molecule has 0 spiro atoms. The topological polar surface area (TPSA) is 86.1 Å². The maximum Gasteiger partial charge on any atom is 0.227 e. The lowest BCUT2D eigenvalue weighted by molar-refractivity contribution is -0.117. The van der Waals surface area contributed by atoms with Crippen molar-refractivity contribution >= 4 is 17.4 Å². The highest BCUT2D eigenvalue weighted by Crippen LogP contribution is 2.30. The average Bonchev–Trinajstić information content (AvgIpc) is 2.86. The second-order valence-electron chi connectivity index (χ2n) is 5.61. The average molecular weight is 284 g/mol. The number of hydrogen-bond acceptors (Lipinski definition) is 3. The van der Waals surface area contributed by atoms with Crippen LogP contribution in [-0.2, 0) is 11.2 Å². The van der Waals surface area contributed by atoms with Gasteiger partial charge in [-0.25, -0.2) is 0 Å². The zero-order valence-electron chi connectivity index (χ0n) is 11.7. The van der Waals surface area contributed by atoms with Crippen molar-refractivity contribution in [1.29, 1.82) is 0 Å². The van der Waals surface area contributed by atoms with E-state index in [4.69, 9.17) is 5.53 Å². The third kappa shape index (κ3) is 2.62. The molecule has 1 aromatic rings. The van der Waals surface area contributed by atoms with Gasteiger partial charge >= 0.3 is 0 Å². The summed E-state index contributed by atoms with van der Waals surface area (Å²) in [4.78, 5) is 28.4. The number of carbonyl (C=O) groups excluding carboxylic acids is 2. The summed E-state index contributed by atoms with van der Waals surface area (Å²) < 4.78 is 0. The van der Waals surface area contributed by atoms with Gasteiger partial charge in [0.1, 0.15) is 0 Å². The Bertz CT molecular complexity index is 649. The number of nitrogens with zero attached hydrogens (tertiary/aromatic N) is 4. The molecule has 1 atom stereocenters. The first-order valence-corrected chi connectivity index (χ1v) is 7.16. The number of amides is 1. The summed E-state index contributed by atoms with van der Waals surface area (Å²) in [5, 5.41) is 3.55. The molecule has 2 aliphatic rings. The molecule has 0 saturated carbocycles. The van der Waals surface area contributed by atoms with Crippen LogP contribution in [0.1, 0.15) is 35.2 Å². The molecular weight excluding hydrogens is 268 g/mol. The molecule has 0 bridgehead atoms. The van der Waals surface area contributed by atoms with Crippen LogP contribution in [0.4, 0.5) is 5.69 Å². The Kier molecular flexibility index (Phi) is 3.62. The van der Waals surface area contributed by atoms with Crippen LogP contribution in [0, 0.1) is 5.92 Å². The standard InChI is InChI=1S/C15H16N4O2/c16-18-17-8-10-6-15(21)19(9-10)12-4-5-13-11(7-12)2-1-3-14(13)20/h4-5,7,10H,1-3,6,8-9H2. The van der Waals surface area contributed by atoms with Crippen molar-refractivity contribution in [3.8, 4) is 0 Å². The Labute approximate surface area is 122 Å². The molecule has 21 heavy (non-hydrogen) atoms. The maximum absolute atomic E-state index is 12.1. The number of benzene rings is 1. The summed E-state index contributed by atoms with van der Waals surface area (Å²) in [5.41, 5.74) is 11.0. The van der Waals surface area contributed by atoms with Crippen molar-refractivity contribution in [2.24, 2.45) is 11.0 Å². The molecule has 1 fully saturated rings. The molecule has 1 heterocycles. The maximum atomic E-state index is 12.1. The fourth-order valence-electron chi connectivity index (χ4n) is 3.11. The summed E-state index contributed by atoms with van der Waals surface area (Å²) in [5.74, 6) is 0.318. The molecule has 6 heteroatoms. The van der Waals surface area contributed by atoms with Gasteiger partial charge in [0, 0.05) is 42.1 Å². The Morgan fingerprint density at radius 1 is 1.33 bits per heavy atom. The van der Waals surface area contributed by atoms with E-state index < -0.39 is 0 Å². The zero-order valence-corrected chi connectivity index (χ0v) is 11.7. The molecular formula is C15H16N4O2. The number of Topliss-reactive ketones (excluding diaryl/α,β-unsaturated/α-hetero) is 1. The lowest BCUT2D eigenvalue weighted by Gasteiger charge is -2.21. The molecule has 6 nitrogen and oxygen atoms in total. The van der Waals surface area contributed by atoms with Crippen molar-refractivity contribution in [1.82, 2.24) is 0 Å². The van der Waals surface area contributed by atoms with Crippen molar-refractivity contribution in [3.63, 3.8) is 0 Å². The fourth-order valence-corrected chi connectivity index (χ4v) is 3.11. The first-order chi connectivity index (χ1) is 10.2. The first kappa shape index (κ1) is 13.6. The summed E-state index contributed by atoms with van der Waals surface area (Å²) in [6.45, 7) is 0.923. The van der Waals surface area contributed by atoms with Crippen LogP contribution >= 0.6 is 0 Å². The Morgan fingerprint density at radius 3 is 3.00 bits per heavy atom. The van der Waals surface area contributed by atoms with E-state index in [1.807, 2.05) is 18.2 Å². The molecule has 0 radical (unpaired) electrons. The van der Waals surface area contributed by atoms with E-state index in [9.17, 15) is 9.59 Å². The van der Waals surface area contributed by atoms with Gasteiger partial charge in [0.2, 0.25) is 5.91 Å². The molecule has 1 aliphatic heterocycles. The van der Waals surface area contributed by atoms with Gasteiger partial charge in [-0.05, 0) is 48.1 Å². The minimum absolute atomic E-state index is 0.0511. The molecule has 0 aromatic heterocycles. The lowest BCUT2D eigenvalue weighted by atomic mass is 9.90. The predicted octanol–water partition coefficient (Wildman–Crippen LogP) is 2.87. The van der Waals surface area contributed by atoms with Crippen molar-refractivity contribution in [2.45, 2.75) is 25.7 Å². The van der Waals surface area contributed by atoms with E-state index in [1.165, 1.54) is 0 Å². The molecule has 0 N–H and O–H groups in total. The Hall–Kier alpha value is -2.33. The molecule has 3 rings (SSSR count). The van der Waals surface area contributed by atoms with Crippen molar-refractivity contribution in [3.05, 3.63) is 39.8 Å². The highest BCUT2D eigenvalue weighted by Gasteiger charge is 2.30. The van der Waals surface area contributed by atoms with E-state index >= 15 is 0 Å². The summed E-state index contributed by atoms with van der Waals surface area (Å²) >= 11 is 0. The van der Waals surface area contributed by atoms with Crippen LogP contribution in [-0.4, -0.2) is 24.8 Å². The van der Waals surface area contributed by atoms with Crippen molar-refractivity contribution < 1.29 is 9.59 Å². The van der Waals surface area contributed by atoms with E-state index in [0.29, 0.717) is 25.9 Å². The van der Waals surface area contributed by atoms with Crippen LogP contribution < -0.4 is 4.90 Å². The Balaban J connectivity index is 1.82. The minimum Gasteiger partial charge on any atom is -0.312 e. The third-order valence-electron chi connectivity index (χ3n) is 4.16. The third-order valence-corrected chi connectivity index (χ3v) is 4.16. The monoisotopic (exact) mass is 284 g/mol. The highest BCUT2D eigenvalue weighted by molar-refractivity contribution is 6.00. The summed E-state index contributed by atoms with van der Waals surface area (Å²) in [6, 6.07) is 5.64. The molecule has 1 saturated heterocycles. The highest BCUT2D eigenvalue weighted by atomic mass is 16.2. The van der Waals surface area contributed by atoms with Crippen LogP contribution in [0.5, 0.6) is 0 Å². The van der Waals surface area contributed by atoms with E-state index in [1.54, 1.807) is 4.90 Å². The number of hydrogen-bond donors (Lipinski definition) is 0. The van der Waals surface area contributed by atoms with E-state index in [0.717, 1.165) is 29.7 Å². The number of fused-ring (bicyclic) bond motifs is 1. The van der Waals surface area contributed by atoms with Gasteiger partial charge in [0.05, 0.1) is 0 Å². The molecule has 108 valence electrons. The number of ketones is 1. The minimum atomic E-state index is 0.0511. The number of carbonyl (C=O) groups is 2. The van der Waals surface area contributed by atoms with Gasteiger partial charge in [0.25, 0.3) is 0 Å². The second-order valence-corrected chi connectivity index (χ2v) is 5.61. The summed E-state index contributed by atoms with van der Waals surface area (Å²) in [7, 11) is 0. The van der Waals surface area contributed by atoms with Gasteiger partial charge in [-0.3, -0.25) is 9.59 Å². The quantitative estimate of drug-likeness (QED) is 0.485.